The van der Waals surface area contributed by atoms with Crippen LogP contribution in [-0.2, 0) is 4.74 Å². The van der Waals surface area contributed by atoms with E-state index in [1.807, 2.05) is 0 Å². The van der Waals surface area contributed by atoms with Crippen LogP contribution in [0.25, 0.3) is 0 Å². The summed E-state index contributed by atoms with van der Waals surface area (Å²) in [4.78, 5) is 7.55. The highest BCUT2D eigenvalue weighted by Crippen LogP contribution is 2.29. The van der Waals surface area contributed by atoms with E-state index in [0.29, 0.717) is 12.2 Å². The first-order chi connectivity index (χ1) is 10.7. The molecular formula is C18H35N3O. The van der Waals surface area contributed by atoms with Crippen molar-refractivity contribution < 1.29 is 4.74 Å². The van der Waals surface area contributed by atoms with Crippen LogP contribution >= 0.6 is 0 Å². The topological polar surface area (TPSA) is 19.0 Å². The maximum absolute atomic E-state index is 6.39. The van der Waals surface area contributed by atoms with E-state index in [-0.39, 0.29) is 0 Å². The Labute approximate surface area is 136 Å². The molecule has 0 bridgehead atoms. The number of nitrogens with zero attached hydrogens (tertiary/aromatic N) is 3. The quantitative estimate of drug-likeness (QED) is 0.789. The lowest BCUT2D eigenvalue weighted by molar-refractivity contribution is -0.0602. The number of likely N-dealkylation sites (tertiary alicyclic amines) is 1. The fraction of sp³-hybridized carbons (Fsp3) is 1.00. The summed E-state index contributed by atoms with van der Waals surface area (Å²) in [5, 5.41) is 0. The minimum atomic E-state index is 0.537. The number of hydrogen-bond acceptors (Lipinski definition) is 4. The number of rotatable bonds is 4. The minimum absolute atomic E-state index is 0.537. The maximum Gasteiger partial charge on any atom is 0.0603 e. The third-order valence-corrected chi connectivity index (χ3v) is 5.96. The van der Waals surface area contributed by atoms with Crippen molar-refractivity contribution in [1.82, 2.24) is 14.7 Å². The Morgan fingerprint density at radius 3 is 1.86 bits per heavy atom. The lowest BCUT2D eigenvalue weighted by Crippen LogP contribution is -2.46. The monoisotopic (exact) mass is 309 g/mol. The van der Waals surface area contributed by atoms with E-state index >= 15 is 0 Å². The molecule has 0 spiro atoms. The molecule has 4 nitrogen and oxygen atoms in total. The molecule has 3 aliphatic rings. The van der Waals surface area contributed by atoms with Crippen LogP contribution in [0, 0.1) is 5.92 Å². The average Bonchev–Trinajstić information content (AvgIpc) is 2.54. The van der Waals surface area contributed by atoms with Crippen molar-refractivity contribution in [3.63, 3.8) is 0 Å². The van der Waals surface area contributed by atoms with Crippen molar-refractivity contribution >= 4 is 0 Å². The highest BCUT2D eigenvalue weighted by molar-refractivity contribution is 4.80. The molecule has 1 saturated carbocycles. The SMILES string of the molecule is CN1CCC(O[C@H]2CC[C@H](CN3CCN(C)CC3)CC2)CC1. The van der Waals surface area contributed by atoms with Gasteiger partial charge in [-0.15, -0.1) is 0 Å². The van der Waals surface area contributed by atoms with Crippen molar-refractivity contribution in [2.45, 2.75) is 50.7 Å². The van der Waals surface area contributed by atoms with Gasteiger partial charge in [0.15, 0.2) is 0 Å². The van der Waals surface area contributed by atoms with Crippen LogP contribution in [0.1, 0.15) is 38.5 Å². The minimum Gasteiger partial charge on any atom is -0.375 e. The van der Waals surface area contributed by atoms with Gasteiger partial charge in [-0.1, -0.05) is 0 Å². The molecule has 4 heteroatoms. The molecule has 2 aliphatic heterocycles. The first-order valence-corrected chi connectivity index (χ1v) is 9.44. The van der Waals surface area contributed by atoms with Gasteiger partial charge < -0.3 is 19.4 Å². The molecule has 1 aliphatic carbocycles. The number of ether oxygens (including phenoxy) is 1. The standard InChI is InChI=1S/C18H35N3O/c1-19-9-7-18(8-10-19)22-17-5-3-16(4-6-17)15-21-13-11-20(2)12-14-21/h16-18H,3-15H2,1-2H3/t16-,17-. The van der Waals surface area contributed by atoms with Gasteiger partial charge in [-0.05, 0) is 58.5 Å². The Morgan fingerprint density at radius 1 is 0.682 bits per heavy atom. The second kappa shape index (κ2) is 8.09. The molecule has 2 saturated heterocycles. The number of hydrogen-bond donors (Lipinski definition) is 0. The first-order valence-electron chi connectivity index (χ1n) is 9.44. The van der Waals surface area contributed by atoms with Crippen LogP contribution in [0.5, 0.6) is 0 Å². The normalized spacial score (nSPS) is 34.1. The van der Waals surface area contributed by atoms with Gasteiger partial charge in [-0.2, -0.15) is 0 Å². The van der Waals surface area contributed by atoms with Gasteiger partial charge in [-0.3, -0.25) is 0 Å². The number of piperazine rings is 1. The van der Waals surface area contributed by atoms with E-state index in [2.05, 4.69) is 28.8 Å². The highest BCUT2D eigenvalue weighted by atomic mass is 16.5. The van der Waals surface area contributed by atoms with Crippen molar-refractivity contribution in [3.8, 4) is 0 Å². The largest absolute Gasteiger partial charge is 0.375 e. The Bertz CT molecular complexity index is 282. The maximum atomic E-state index is 6.39. The van der Waals surface area contributed by atoms with Gasteiger partial charge >= 0.3 is 0 Å². The summed E-state index contributed by atoms with van der Waals surface area (Å²) in [5.41, 5.74) is 0. The van der Waals surface area contributed by atoms with Gasteiger partial charge in [0, 0.05) is 45.8 Å². The van der Waals surface area contributed by atoms with E-state index in [9.17, 15) is 0 Å². The highest BCUT2D eigenvalue weighted by Gasteiger charge is 2.27. The van der Waals surface area contributed by atoms with Crippen LogP contribution in [0.15, 0.2) is 0 Å². The van der Waals surface area contributed by atoms with E-state index in [0.717, 1.165) is 5.92 Å². The molecule has 128 valence electrons. The fourth-order valence-electron chi connectivity index (χ4n) is 4.24. The van der Waals surface area contributed by atoms with E-state index < -0.39 is 0 Å². The van der Waals surface area contributed by atoms with Crippen LogP contribution in [0.3, 0.4) is 0 Å². The third kappa shape index (κ3) is 4.92. The van der Waals surface area contributed by atoms with Crippen molar-refractivity contribution in [3.05, 3.63) is 0 Å². The molecular weight excluding hydrogens is 274 g/mol. The summed E-state index contributed by atoms with van der Waals surface area (Å²) in [5.74, 6) is 0.917. The van der Waals surface area contributed by atoms with Crippen molar-refractivity contribution in [2.24, 2.45) is 5.92 Å². The summed E-state index contributed by atoms with van der Waals surface area (Å²) < 4.78 is 6.39. The number of likely N-dealkylation sites (N-methyl/N-ethyl adjacent to an activating group) is 1. The second-order valence-corrected chi connectivity index (χ2v) is 7.89. The zero-order valence-electron chi connectivity index (χ0n) is 14.7. The van der Waals surface area contributed by atoms with Crippen molar-refractivity contribution in [1.29, 1.82) is 0 Å². The molecule has 2 heterocycles. The van der Waals surface area contributed by atoms with Gasteiger partial charge in [0.1, 0.15) is 0 Å². The molecule has 3 rings (SSSR count). The number of piperidine rings is 1. The summed E-state index contributed by atoms with van der Waals surface area (Å²) in [6, 6.07) is 0. The zero-order chi connectivity index (χ0) is 15.4. The summed E-state index contributed by atoms with van der Waals surface area (Å²) in [6.45, 7) is 8.77. The lowest BCUT2D eigenvalue weighted by Gasteiger charge is -2.38. The van der Waals surface area contributed by atoms with Gasteiger partial charge in [0.2, 0.25) is 0 Å². The molecule has 0 amide bonds. The van der Waals surface area contributed by atoms with Crippen molar-refractivity contribution in [2.75, 3.05) is 59.9 Å². The van der Waals surface area contributed by atoms with Gasteiger partial charge in [0.05, 0.1) is 12.2 Å². The summed E-state index contributed by atoms with van der Waals surface area (Å²) in [7, 11) is 4.46. The molecule has 0 N–H and O–H groups in total. The van der Waals surface area contributed by atoms with Gasteiger partial charge in [-0.25, -0.2) is 0 Å². The Morgan fingerprint density at radius 2 is 1.23 bits per heavy atom. The molecule has 0 unspecified atom stereocenters. The Hall–Kier alpha value is -0.160. The fourth-order valence-corrected chi connectivity index (χ4v) is 4.24. The van der Waals surface area contributed by atoms with E-state index in [1.165, 1.54) is 84.3 Å². The predicted octanol–water partition coefficient (Wildman–Crippen LogP) is 1.90. The molecule has 0 aromatic rings. The third-order valence-electron chi connectivity index (χ3n) is 5.96. The summed E-state index contributed by atoms with van der Waals surface area (Å²) >= 11 is 0. The molecule has 0 aromatic heterocycles. The predicted molar refractivity (Wildman–Crippen MR) is 91.3 cm³/mol. The lowest BCUT2D eigenvalue weighted by atomic mass is 9.86. The molecule has 0 atom stereocenters. The smallest absolute Gasteiger partial charge is 0.0603 e. The Kier molecular flexibility index (Phi) is 6.14. The van der Waals surface area contributed by atoms with E-state index in [1.54, 1.807) is 0 Å². The molecule has 3 fully saturated rings. The van der Waals surface area contributed by atoms with E-state index in [4.69, 9.17) is 4.74 Å². The van der Waals surface area contributed by atoms with Crippen LogP contribution in [0.2, 0.25) is 0 Å². The first kappa shape index (κ1) is 16.7. The average molecular weight is 309 g/mol. The molecule has 0 aromatic carbocycles. The molecule has 0 radical (unpaired) electrons. The molecule has 22 heavy (non-hydrogen) atoms. The second-order valence-electron chi connectivity index (χ2n) is 7.89. The van der Waals surface area contributed by atoms with Crippen LogP contribution < -0.4 is 0 Å². The summed E-state index contributed by atoms with van der Waals surface area (Å²) in [6.07, 6.45) is 8.91. The van der Waals surface area contributed by atoms with Crippen LogP contribution in [0.4, 0.5) is 0 Å². The zero-order valence-corrected chi connectivity index (χ0v) is 14.7. The Balaban J connectivity index is 1.32. The van der Waals surface area contributed by atoms with Gasteiger partial charge in [0.25, 0.3) is 0 Å². The van der Waals surface area contributed by atoms with Crippen LogP contribution in [-0.4, -0.2) is 86.8 Å².